The van der Waals surface area contributed by atoms with Gasteiger partial charge in [0.2, 0.25) is 0 Å². The first-order valence-electron chi connectivity index (χ1n) is 7.76. The number of ether oxygens (including phenoxy) is 2. The van der Waals surface area contributed by atoms with E-state index < -0.39 is 17.0 Å². The summed E-state index contributed by atoms with van der Waals surface area (Å²) >= 11 is 0. The third-order valence-electron chi connectivity index (χ3n) is 3.97. The van der Waals surface area contributed by atoms with Crippen LogP contribution in [0.5, 0.6) is 5.75 Å². The minimum absolute atomic E-state index is 0.0111. The smallest absolute Gasteiger partial charge is 0.339 e. The van der Waals surface area contributed by atoms with Gasteiger partial charge in [0.1, 0.15) is 0 Å². The first-order valence-corrected chi connectivity index (χ1v) is 7.76. The Bertz CT molecular complexity index is 639. The highest BCUT2D eigenvalue weighted by Gasteiger charge is 2.25. The first-order chi connectivity index (χ1) is 11.4. The van der Waals surface area contributed by atoms with Gasteiger partial charge in [-0.15, -0.1) is 0 Å². The van der Waals surface area contributed by atoms with E-state index in [1.165, 1.54) is 26.2 Å². The standard InChI is InChI=1S/C16H20N2O6/c1-10(15(19)17-12-5-3-4-6-12)24-16(20)11-7-8-14(23-2)13(9-11)18(21)22/h7-10,12H,3-6H2,1-2H3,(H,17,19)/t10-/m1/s1. The van der Waals surface area contributed by atoms with Gasteiger partial charge in [0, 0.05) is 12.1 Å². The van der Waals surface area contributed by atoms with E-state index in [0.717, 1.165) is 31.7 Å². The lowest BCUT2D eigenvalue weighted by molar-refractivity contribution is -0.385. The fraction of sp³-hybridized carbons (Fsp3) is 0.500. The number of benzene rings is 1. The minimum atomic E-state index is -0.973. The molecule has 1 aliphatic carbocycles. The summed E-state index contributed by atoms with van der Waals surface area (Å²) in [5.41, 5.74) is -0.349. The number of nitrogens with zero attached hydrogens (tertiary/aromatic N) is 1. The van der Waals surface area contributed by atoms with Gasteiger partial charge in [-0.2, -0.15) is 0 Å². The lowest BCUT2D eigenvalue weighted by Gasteiger charge is -2.17. The Morgan fingerprint density at radius 2 is 2.00 bits per heavy atom. The summed E-state index contributed by atoms with van der Waals surface area (Å²) in [4.78, 5) is 34.5. The van der Waals surface area contributed by atoms with Crippen LogP contribution in [0.15, 0.2) is 18.2 Å². The van der Waals surface area contributed by atoms with Gasteiger partial charge in [-0.05, 0) is 31.9 Å². The van der Waals surface area contributed by atoms with Crippen molar-refractivity contribution in [2.24, 2.45) is 0 Å². The van der Waals surface area contributed by atoms with E-state index in [1.54, 1.807) is 0 Å². The van der Waals surface area contributed by atoms with E-state index in [-0.39, 0.29) is 28.9 Å². The fourth-order valence-electron chi connectivity index (χ4n) is 2.63. The average molecular weight is 336 g/mol. The molecular formula is C16H20N2O6. The number of carbonyl (C=O) groups is 2. The van der Waals surface area contributed by atoms with Crippen LogP contribution in [0.2, 0.25) is 0 Å². The number of methoxy groups -OCH3 is 1. The van der Waals surface area contributed by atoms with Crippen LogP contribution in [-0.2, 0) is 9.53 Å². The van der Waals surface area contributed by atoms with E-state index >= 15 is 0 Å². The summed E-state index contributed by atoms with van der Waals surface area (Å²) in [6, 6.07) is 3.87. The monoisotopic (exact) mass is 336 g/mol. The first kappa shape index (κ1) is 17.7. The number of hydrogen-bond acceptors (Lipinski definition) is 6. The Morgan fingerprint density at radius 1 is 1.33 bits per heavy atom. The number of nitrogens with one attached hydrogen (secondary N) is 1. The molecule has 0 radical (unpaired) electrons. The summed E-state index contributed by atoms with van der Waals surface area (Å²) in [6.45, 7) is 1.47. The van der Waals surface area contributed by atoms with Gasteiger partial charge >= 0.3 is 11.7 Å². The number of nitro groups is 1. The molecule has 0 bridgehead atoms. The molecule has 1 N–H and O–H groups in total. The van der Waals surface area contributed by atoms with Crippen LogP contribution < -0.4 is 10.1 Å². The maximum absolute atomic E-state index is 12.1. The maximum Gasteiger partial charge on any atom is 0.339 e. The van der Waals surface area contributed by atoms with Crippen LogP contribution in [0, 0.1) is 10.1 Å². The molecule has 24 heavy (non-hydrogen) atoms. The molecule has 0 unspecified atom stereocenters. The molecule has 1 fully saturated rings. The van der Waals surface area contributed by atoms with Crippen molar-refractivity contribution in [3.63, 3.8) is 0 Å². The number of nitro benzene ring substituents is 1. The Balaban J connectivity index is 2.01. The van der Waals surface area contributed by atoms with E-state index in [2.05, 4.69) is 5.32 Å². The molecule has 1 aromatic rings. The summed E-state index contributed by atoms with van der Waals surface area (Å²) in [7, 11) is 1.30. The van der Waals surface area contributed by atoms with E-state index in [1.807, 2.05) is 0 Å². The normalized spacial score (nSPS) is 15.6. The summed E-state index contributed by atoms with van der Waals surface area (Å²) in [5, 5.41) is 13.8. The number of hydrogen-bond donors (Lipinski definition) is 1. The van der Waals surface area contributed by atoms with Gasteiger partial charge in [0.25, 0.3) is 5.91 Å². The number of esters is 1. The van der Waals surface area contributed by atoms with Crippen molar-refractivity contribution in [3.8, 4) is 5.75 Å². The van der Waals surface area contributed by atoms with E-state index in [9.17, 15) is 19.7 Å². The molecule has 1 aliphatic rings. The molecule has 0 heterocycles. The number of rotatable bonds is 6. The predicted molar refractivity (Wildman–Crippen MR) is 84.9 cm³/mol. The highest BCUT2D eigenvalue weighted by Crippen LogP contribution is 2.28. The van der Waals surface area contributed by atoms with Crippen molar-refractivity contribution in [3.05, 3.63) is 33.9 Å². The highest BCUT2D eigenvalue weighted by molar-refractivity contribution is 5.93. The van der Waals surface area contributed by atoms with Crippen LogP contribution in [-0.4, -0.2) is 36.1 Å². The fourth-order valence-corrected chi connectivity index (χ4v) is 2.63. The Kier molecular flexibility index (Phi) is 5.73. The summed E-state index contributed by atoms with van der Waals surface area (Å²) in [5.74, 6) is -1.11. The SMILES string of the molecule is COc1ccc(C(=O)O[C@H](C)C(=O)NC2CCCC2)cc1[N+](=O)[O-]. The molecule has 1 amide bonds. The average Bonchev–Trinajstić information content (AvgIpc) is 3.06. The molecule has 8 nitrogen and oxygen atoms in total. The minimum Gasteiger partial charge on any atom is -0.490 e. The number of carbonyl (C=O) groups excluding carboxylic acids is 2. The second-order valence-corrected chi connectivity index (χ2v) is 5.68. The molecular weight excluding hydrogens is 316 g/mol. The van der Waals surface area contributed by atoms with Crippen LogP contribution in [0.3, 0.4) is 0 Å². The van der Waals surface area contributed by atoms with Crippen LogP contribution in [0.25, 0.3) is 0 Å². The molecule has 1 atom stereocenters. The molecule has 0 aliphatic heterocycles. The van der Waals surface area contributed by atoms with E-state index in [0.29, 0.717) is 0 Å². The van der Waals surface area contributed by atoms with Crippen molar-refractivity contribution >= 4 is 17.6 Å². The summed E-state index contributed by atoms with van der Waals surface area (Å²) in [6.07, 6.45) is 3.04. The lowest BCUT2D eigenvalue weighted by Crippen LogP contribution is -2.40. The quantitative estimate of drug-likeness (QED) is 0.485. The Morgan fingerprint density at radius 3 is 2.58 bits per heavy atom. The predicted octanol–water partition coefficient (Wildman–Crippen LogP) is 2.21. The van der Waals surface area contributed by atoms with Gasteiger partial charge < -0.3 is 14.8 Å². The summed E-state index contributed by atoms with van der Waals surface area (Å²) < 4.78 is 9.98. The molecule has 130 valence electrons. The second kappa shape index (κ2) is 7.76. The van der Waals surface area contributed by atoms with Gasteiger partial charge in [-0.1, -0.05) is 12.8 Å². The molecule has 8 heteroatoms. The largest absolute Gasteiger partial charge is 0.490 e. The zero-order valence-electron chi connectivity index (χ0n) is 13.6. The van der Waals surface area contributed by atoms with Crippen molar-refractivity contribution in [1.29, 1.82) is 0 Å². The van der Waals surface area contributed by atoms with Gasteiger partial charge in [-0.25, -0.2) is 4.79 Å². The van der Waals surface area contributed by atoms with E-state index in [4.69, 9.17) is 9.47 Å². The van der Waals surface area contributed by atoms with Gasteiger partial charge in [0.15, 0.2) is 11.9 Å². The maximum atomic E-state index is 12.1. The molecule has 1 aromatic carbocycles. The number of amides is 1. The second-order valence-electron chi connectivity index (χ2n) is 5.68. The molecule has 0 aromatic heterocycles. The van der Waals surface area contributed by atoms with Crippen LogP contribution in [0.4, 0.5) is 5.69 Å². The van der Waals surface area contributed by atoms with Gasteiger partial charge in [0.05, 0.1) is 17.6 Å². The zero-order valence-corrected chi connectivity index (χ0v) is 13.6. The van der Waals surface area contributed by atoms with Gasteiger partial charge in [-0.3, -0.25) is 14.9 Å². The van der Waals surface area contributed by atoms with Crippen LogP contribution in [0.1, 0.15) is 43.0 Å². The topological polar surface area (TPSA) is 108 Å². The Hall–Kier alpha value is -2.64. The molecule has 0 spiro atoms. The molecule has 0 saturated heterocycles. The van der Waals surface area contributed by atoms with Crippen molar-refractivity contribution in [2.45, 2.75) is 44.8 Å². The highest BCUT2D eigenvalue weighted by atomic mass is 16.6. The van der Waals surface area contributed by atoms with Crippen LogP contribution >= 0.6 is 0 Å². The zero-order chi connectivity index (χ0) is 17.7. The third-order valence-corrected chi connectivity index (χ3v) is 3.97. The van der Waals surface area contributed by atoms with Crippen molar-refractivity contribution in [2.75, 3.05) is 7.11 Å². The lowest BCUT2D eigenvalue weighted by atomic mass is 10.2. The molecule has 1 saturated carbocycles. The van der Waals surface area contributed by atoms with Crippen molar-refractivity contribution in [1.82, 2.24) is 5.32 Å². The third kappa shape index (κ3) is 4.21. The Labute approximate surface area is 139 Å². The molecule has 2 rings (SSSR count). The van der Waals surface area contributed by atoms with Crippen molar-refractivity contribution < 1.29 is 24.0 Å².